The van der Waals surface area contributed by atoms with Crippen LogP contribution in [0.2, 0.25) is 0 Å². The molecule has 1 fully saturated rings. The number of halogens is 1. The molecular formula is C19H30ClN3O4. The van der Waals surface area contributed by atoms with Crippen LogP contribution in [-0.2, 0) is 14.3 Å². The molecule has 1 heterocycles. The SMILES string of the molecule is CCCN(CC(=O)Nc1ccccc1OC)C(=O)CNCC1CCCO1.Cl. The van der Waals surface area contributed by atoms with Gasteiger partial charge in [0.1, 0.15) is 5.75 Å². The van der Waals surface area contributed by atoms with Gasteiger partial charge >= 0.3 is 0 Å². The molecule has 1 aromatic carbocycles. The Bertz CT molecular complexity index is 594. The topological polar surface area (TPSA) is 79.9 Å². The smallest absolute Gasteiger partial charge is 0.244 e. The number of ether oxygens (including phenoxy) is 2. The van der Waals surface area contributed by atoms with Crippen LogP contribution in [-0.4, -0.2) is 62.7 Å². The number of para-hydroxylation sites is 2. The van der Waals surface area contributed by atoms with Gasteiger partial charge in [-0.2, -0.15) is 0 Å². The predicted octanol–water partition coefficient (Wildman–Crippen LogP) is 2.06. The number of nitrogens with one attached hydrogen (secondary N) is 2. The van der Waals surface area contributed by atoms with Crippen molar-refractivity contribution in [3.8, 4) is 5.75 Å². The fourth-order valence-electron chi connectivity index (χ4n) is 2.93. The monoisotopic (exact) mass is 399 g/mol. The number of hydrogen-bond acceptors (Lipinski definition) is 5. The quantitative estimate of drug-likeness (QED) is 0.629. The van der Waals surface area contributed by atoms with Crippen LogP contribution in [0, 0.1) is 0 Å². The minimum absolute atomic E-state index is 0. The summed E-state index contributed by atoms with van der Waals surface area (Å²) in [6.07, 6.45) is 3.09. The number of rotatable bonds is 10. The van der Waals surface area contributed by atoms with E-state index in [1.807, 2.05) is 19.1 Å². The van der Waals surface area contributed by atoms with Crippen LogP contribution >= 0.6 is 12.4 Å². The van der Waals surface area contributed by atoms with Crippen molar-refractivity contribution in [2.75, 3.05) is 45.2 Å². The molecule has 0 radical (unpaired) electrons. The first-order valence-corrected chi connectivity index (χ1v) is 9.17. The number of benzene rings is 1. The molecule has 1 aliphatic heterocycles. The van der Waals surface area contributed by atoms with Gasteiger partial charge in [0.15, 0.2) is 0 Å². The maximum absolute atomic E-state index is 12.4. The van der Waals surface area contributed by atoms with Crippen LogP contribution in [0.1, 0.15) is 26.2 Å². The zero-order valence-electron chi connectivity index (χ0n) is 16.0. The molecule has 1 aliphatic rings. The second-order valence-electron chi connectivity index (χ2n) is 6.33. The van der Waals surface area contributed by atoms with Crippen molar-refractivity contribution in [3.63, 3.8) is 0 Å². The summed E-state index contributed by atoms with van der Waals surface area (Å²) in [4.78, 5) is 26.4. The fraction of sp³-hybridized carbons (Fsp3) is 0.579. The number of hydrogen-bond donors (Lipinski definition) is 2. The van der Waals surface area contributed by atoms with Gasteiger partial charge in [-0.3, -0.25) is 9.59 Å². The molecule has 0 bridgehead atoms. The van der Waals surface area contributed by atoms with Gasteiger partial charge in [0, 0.05) is 19.7 Å². The lowest BCUT2D eigenvalue weighted by Gasteiger charge is -2.22. The summed E-state index contributed by atoms with van der Waals surface area (Å²) >= 11 is 0. The molecule has 2 amide bonds. The van der Waals surface area contributed by atoms with Crippen LogP contribution < -0.4 is 15.4 Å². The highest BCUT2D eigenvalue weighted by molar-refractivity contribution is 5.95. The molecule has 2 N–H and O–H groups in total. The molecule has 0 aliphatic carbocycles. The summed E-state index contributed by atoms with van der Waals surface area (Å²) in [7, 11) is 1.55. The van der Waals surface area contributed by atoms with E-state index in [2.05, 4.69) is 10.6 Å². The van der Waals surface area contributed by atoms with Gasteiger partial charge in [-0.15, -0.1) is 12.4 Å². The van der Waals surface area contributed by atoms with Gasteiger partial charge in [0.25, 0.3) is 0 Å². The first kappa shape index (κ1) is 23.2. The van der Waals surface area contributed by atoms with E-state index < -0.39 is 0 Å². The summed E-state index contributed by atoms with van der Waals surface area (Å²) in [5, 5.41) is 5.95. The van der Waals surface area contributed by atoms with Crippen molar-refractivity contribution < 1.29 is 19.1 Å². The van der Waals surface area contributed by atoms with Crippen LogP contribution in [0.3, 0.4) is 0 Å². The summed E-state index contributed by atoms with van der Waals surface area (Å²) in [5.74, 6) is 0.267. The molecule has 1 atom stereocenters. The maximum atomic E-state index is 12.4. The Balaban J connectivity index is 0.00000364. The highest BCUT2D eigenvalue weighted by Gasteiger charge is 2.19. The molecule has 0 saturated carbocycles. The average Bonchev–Trinajstić information content (AvgIpc) is 3.15. The van der Waals surface area contributed by atoms with Gasteiger partial charge in [-0.05, 0) is 31.4 Å². The standard InChI is InChI=1S/C19H29N3O4.ClH/c1-3-10-22(19(24)13-20-12-15-7-6-11-26-15)14-18(23)21-16-8-4-5-9-17(16)25-2;/h4-5,8-9,15,20H,3,6-7,10-14H2,1-2H3,(H,21,23);1H. The lowest BCUT2D eigenvalue weighted by Crippen LogP contribution is -2.44. The molecule has 0 spiro atoms. The van der Waals surface area contributed by atoms with Crippen molar-refractivity contribution in [3.05, 3.63) is 24.3 Å². The van der Waals surface area contributed by atoms with Gasteiger partial charge in [0.05, 0.1) is 32.0 Å². The Kier molecular flexibility index (Phi) is 10.8. The minimum Gasteiger partial charge on any atom is -0.495 e. The van der Waals surface area contributed by atoms with E-state index in [-0.39, 0.29) is 43.4 Å². The summed E-state index contributed by atoms with van der Waals surface area (Å²) in [5.41, 5.74) is 0.598. The van der Waals surface area contributed by atoms with E-state index in [1.165, 1.54) is 0 Å². The number of anilines is 1. The van der Waals surface area contributed by atoms with Crippen molar-refractivity contribution in [2.24, 2.45) is 0 Å². The third-order valence-electron chi connectivity index (χ3n) is 4.23. The van der Waals surface area contributed by atoms with E-state index in [1.54, 1.807) is 24.1 Å². The highest BCUT2D eigenvalue weighted by Crippen LogP contribution is 2.22. The van der Waals surface area contributed by atoms with Crippen LogP contribution in [0.4, 0.5) is 5.69 Å². The van der Waals surface area contributed by atoms with Gasteiger partial charge in [0.2, 0.25) is 11.8 Å². The lowest BCUT2D eigenvalue weighted by atomic mass is 10.2. The molecule has 1 saturated heterocycles. The first-order valence-electron chi connectivity index (χ1n) is 9.17. The molecular weight excluding hydrogens is 370 g/mol. The molecule has 0 aromatic heterocycles. The number of carbonyl (C=O) groups excluding carboxylic acids is 2. The van der Waals surface area contributed by atoms with E-state index in [0.717, 1.165) is 25.9 Å². The molecule has 152 valence electrons. The Morgan fingerprint density at radius 1 is 1.33 bits per heavy atom. The molecule has 7 nitrogen and oxygen atoms in total. The molecule has 1 aromatic rings. The van der Waals surface area contributed by atoms with Gasteiger partial charge in [-0.25, -0.2) is 0 Å². The summed E-state index contributed by atoms with van der Waals surface area (Å²) in [6, 6.07) is 7.20. The Morgan fingerprint density at radius 3 is 2.78 bits per heavy atom. The van der Waals surface area contributed by atoms with Crippen molar-refractivity contribution in [1.29, 1.82) is 0 Å². The third-order valence-corrected chi connectivity index (χ3v) is 4.23. The minimum atomic E-state index is -0.240. The Morgan fingerprint density at radius 2 is 2.11 bits per heavy atom. The van der Waals surface area contributed by atoms with E-state index in [9.17, 15) is 9.59 Å². The van der Waals surface area contributed by atoms with E-state index in [0.29, 0.717) is 24.5 Å². The number of methoxy groups -OCH3 is 1. The zero-order valence-corrected chi connectivity index (χ0v) is 16.8. The highest BCUT2D eigenvalue weighted by atomic mass is 35.5. The third kappa shape index (κ3) is 7.74. The molecule has 27 heavy (non-hydrogen) atoms. The average molecular weight is 400 g/mol. The zero-order chi connectivity index (χ0) is 18.8. The number of amides is 2. The number of carbonyl (C=O) groups is 2. The van der Waals surface area contributed by atoms with Crippen molar-refractivity contribution >= 4 is 29.9 Å². The van der Waals surface area contributed by atoms with E-state index in [4.69, 9.17) is 9.47 Å². The van der Waals surface area contributed by atoms with Crippen molar-refractivity contribution in [1.82, 2.24) is 10.2 Å². The van der Waals surface area contributed by atoms with Gasteiger partial charge in [-0.1, -0.05) is 19.1 Å². The first-order chi connectivity index (χ1) is 12.6. The van der Waals surface area contributed by atoms with Crippen LogP contribution in [0.15, 0.2) is 24.3 Å². The summed E-state index contributed by atoms with van der Waals surface area (Å²) in [6.45, 7) is 4.22. The Labute approximate surface area is 167 Å². The lowest BCUT2D eigenvalue weighted by molar-refractivity contribution is -0.134. The largest absolute Gasteiger partial charge is 0.495 e. The van der Waals surface area contributed by atoms with E-state index >= 15 is 0 Å². The number of nitrogens with zero attached hydrogens (tertiary/aromatic N) is 1. The predicted molar refractivity (Wildman–Crippen MR) is 108 cm³/mol. The van der Waals surface area contributed by atoms with Gasteiger partial charge < -0.3 is 25.0 Å². The molecule has 1 unspecified atom stereocenters. The van der Waals surface area contributed by atoms with Crippen LogP contribution in [0.25, 0.3) is 0 Å². The second-order valence-corrected chi connectivity index (χ2v) is 6.33. The Hall–Kier alpha value is -1.83. The molecule has 2 rings (SSSR count). The fourth-order valence-corrected chi connectivity index (χ4v) is 2.93. The second kappa shape index (κ2) is 12.5. The maximum Gasteiger partial charge on any atom is 0.244 e. The normalized spacial score (nSPS) is 15.7. The van der Waals surface area contributed by atoms with Crippen LogP contribution in [0.5, 0.6) is 5.75 Å². The van der Waals surface area contributed by atoms with Crippen molar-refractivity contribution in [2.45, 2.75) is 32.3 Å². The molecule has 8 heteroatoms. The summed E-state index contributed by atoms with van der Waals surface area (Å²) < 4.78 is 10.8.